The highest BCUT2D eigenvalue weighted by Crippen LogP contribution is 2.21. The zero-order chi connectivity index (χ0) is 13.2. The molecule has 3 aromatic rings. The average Bonchev–Trinajstić information content (AvgIpc) is 2.88. The van der Waals surface area contributed by atoms with Crippen molar-refractivity contribution in [3.8, 4) is 0 Å². The lowest BCUT2D eigenvalue weighted by molar-refractivity contribution is 0.625. The Morgan fingerprint density at radius 1 is 1.26 bits per heavy atom. The Morgan fingerprint density at radius 2 is 2.16 bits per heavy atom. The molecule has 4 heteroatoms. The number of nitrogens with one attached hydrogen (secondary N) is 2. The van der Waals surface area contributed by atoms with Gasteiger partial charge in [-0.3, -0.25) is 5.10 Å². The van der Waals surface area contributed by atoms with E-state index in [9.17, 15) is 4.39 Å². The topological polar surface area (TPSA) is 40.7 Å². The van der Waals surface area contributed by atoms with Gasteiger partial charge in [0.25, 0.3) is 0 Å². The highest BCUT2D eigenvalue weighted by atomic mass is 19.1. The molecule has 19 heavy (non-hydrogen) atoms. The number of rotatable bonds is 3. The zero-order valence-corrected chi connectivity index (χ0v) is 10.6. The molecule has 0 saturated heterocycles. The van der Waals surface area contributed by atoms with Gasteiger partial charge in [0.15, 0.2) is 0 Å². The van der Waals surface area contributed by atoms with E-state index in [1.54, 1.807) is 18.3 Å². The van der Waals surface area contributed by atoms with Crippen LogP contribution >= 0.6 is 0 Å². The Morgan fingerprint density at radius 3 is 3.05 bits per heavy atom. The molecule has 0 unspecified atom stereocenters. The number of hydrogen-bond acceptors (Lipinski definition) is 2. The van der Waals surface area contributed by atoms with Crippen LogP contribution in [0.4, 0.5) is 10.1 Å². The maximum atomic E-state index is 13.2. The van der Waals surface area contributed by atoms with Crippen LogP contribution in [0.1, 0.15) is 11.1 Å². The van der Waals surface area contributed by atoms with E-state index in [4.69, 9.17) is 0 Å². The normalized spacial score (nSPS) is 10.8. The molecule has 0 amide bonds. The summed E-state index contributed by atoms with van der Waals surface area (Å²) in [6.07, 6.45) is 1.79. The largest absolute Gasteiger partial charge is 0.379 e. The van der Waals surface area contributed by atoms with Crippen LogP contribution in [0, 0.1) is 12.7 Å². The summed E-state index contributed by atoms with van der Waals surface area (Å²) in [5, 5.41) is 11.4. The summed E-state index contributed by atoms with van der Waals surface area (Å²) < 4.78 is 13.2. The Hall–Kier alpha value is -2.36. The predicted octanol–water partition coefficient (Wildman–Crippen LogP) is 3.62. The van der Waals surface area contributed by atoms with E-state index in [2.05, 4.69) is 15.5 Å². The number of aryl methyl sites for hydroxylation is 1. The molecule has 0 aliphatic carbocycles. The first-order valence-corrected chi connectivity index (χ1v) is 6.15. The summed E-state index contributed by atoms with van der Waals surface area (Å²) in [6, 6.07) is 10.8. The number of aromatic nitrogens is 2. The van der Waals surface area contributed by atoms with Crippen molar-refractivity contribution in [1.29, 1.82) is 0 Å². The Bertz CT molecular complexity index is 718. The van der Waals surface area contributed by atoms with E-state index in [1.165, 1.54) is 6.07 Å². The molecule has 0 aliphatic heterocycles. The summed E-state index contributed by atoms with van der Waals surface area (Å²) in [6.45, 7) is 2.56. The van der Waals surface area contributed by atoms with Gasteiger partial charge in [-0.2, -0.15) is 5.10 Å². The van der Waals surface area contributed by atoms with Crippen LogP contribution in [0.25, 0.3) is 10.9 Å². The van der Waals surface area contributed by atoms with Gasteiger partial charge >= 0.3 is 0 Å². The molecule has 0 aliphatic rings. The first-order chi connectivity index (χ1) is 9.24. The molecule has 2 aromatic carbocycles. The molecule has 3 rings (SSSR count). The zero-order valence-electron chi connectivity index (χ0n) is 10.6. The first kappa shape index (κ1) is 11.7. The molecule has 0 spiro atoms. The van der Waals surface area contributed by atoms with E-state index >= 15 is 0 Å². The number of anilines is 1. The fourth-order valence-electron chi connectivity index (χ4n) is 2.14. The third-order valence-electron chi connectivity index (χ3n) is 3.26. The maximum absolute atomic E-state index is 13.2. The van der Waals surface area contributed by atoms with E-state index in [-0.39, 0.29) is 5.82 Å². The summed E-state index contributed by atoms with van der Waals surface area (Å²) >= 11 is 0. The number of aromatic amines is 1. The van der Waals surface area contributed by atoms with Gasteiger partial charge in [-0.15, -0.1) is 0 Å². The number of fused-ring (bicyclic) bond motifs is 1. The van der Waals surface area contributed by atoms with Gasteiger partial charge in [-0.05, 0) is 36.2 Å². The van der Waals surface area contributed by atoms with Crippen LogP contribution in [0.2, 0.25) is 0 Å². The van der Waals surface area contributed by atoms with Crippen molar-refractivity contribution in [2.75, 3.05) is 5.32 Å². The molecule has 96 valence electrons. The van der Waals surface area contributed by atoms with E-state index in [0.717, 1.165) is 27.7 Å². The molecule has 1 aromatic heterocycles. The van der Waals surface area contributed by atoms with Crippen molar-refractivity contribution in [1.82, 2.24) is 10.2 Å². The van der Waals surface area contributed by atoms with Crippen molar-refractivity contribution in [3.63, 3.8) is 0 Å². The third kappa shape index (κ3) is 2.29. The van der Waals surface area contributed by atoms with Gasteiger partial charge < -0.3 is 5.32 Å². The molecule has 2 N–H and O–H groups in total. The number of hydrogen-bond donors (Lipinski definition) is 2. The lowest BCUT2D eigenvalue weighted by atomic mass is 10.1. The van der Waals surface area contributed by atoms with Crippen molar-refractivity contribution in [2.24, 2.45) is 0 Å². The smallest absolute Gasteiger partial charge is 0.123 e. The monoisotopic (exact) mass is 255 g/mol. The van der Waals surface area contributed by atoms with Crippen LogP contribution < -0.4 is 5.32 Å². The quantitative estimate of drug-likeness (QED) is 0.750. The summed E-state index contributed by atoms with van der Waals surface area (Å²) in [5.41, 5.74) is 3.97. The third-order valence-corrected chi connectivity index (χ3v) is 3.26. The highest BCUT2D eigenvalue weighted by molar-refractivity contribution is 5.89. The van der Waals surface area contributed by atoms with Gasteiger partial charge in [0.2, 0.25) is 0 Å². The standard InChI is InChI=1S/C15H14FN3/c1-10-5-6-13(16)7-12(10)8-17-14-4-2-3-11-9-18-19-15(11)14/h2-7,9,17H,8H2,1H3,(H,18,19). The molecule has 0 radical (unpaired) electrons. The van der Waals surface area contributed by atoms with Gasteiger partial charge in [0.1, 0.15) is 5.82 Å². The summed E-state index contributed by atoms with van der Waals surface area (Å²) in [5.74, 6) is -0.206. The second kappa shape index (κ2) is 4.72. The summed E-state index contributed by atoms with van der Waals surface area (Å²) in [4.78, 5) is 0. The van der Waals surface area contributed by atoms with Crippen LogP contribution in [0.5, 0.6) is 0 Å². The highest BCUT2D eigenvalue weighted by Gasteiger charge is 2.04. The number of halogens is 1. The number of H-pyrrole nitrogens is 1. The fraction of sp³-hybridized carbons (Fsp3) is 0.133. The van der Waals surface area contributed by atoms with Gasteiger partial charge in [0.05, 0.1) is 17.4 Å². The number of nitrogens with zero attached hydrogens (tertiary/aromatic N) is 1. The van der Waals surface area contributed by atoms with Crippen molar-refractivity contribution in [2.45, 2.75) is 13.5 Å². The lowest BCUT2D eigenvalue weighted by Crippen LogP contribution is -2.02. The number of benzene rings is 2. The van der Waals surface area contributed by atoms with Gasteiger partial charge in [-0.25, -0.2) is 4.39 Å². The van der Waals surface area contributed by atoms with Crippen molar-refractivity contribution in [3.05, 3.63) is 59.5 Å². The molecule has 0 atom stereocenters. The molecular formula is C15H14FN3. The lowest BCUT2D eigenvalue weighted by Gasteiger charge is -2.10. The SMILES string of the molecule is Cc1ccc(F)cc1CNc1cccc2cn[nH]c12. The Kier molecular flexibility index (Phi) is 2.91. The predicted molar refractivity (Wildman–Crippen MR) is 74.6 cm³/mol. The van der Waals surface area contributed by atoms with Gasteiger partial charge in [-0.1, -0.05) is 18.2 Å². The molecule has 0 fully saturated rings. The van der Waals surface area contributed by atoms with Gasteiger partial charge in [0, 0.05) is 11.9 Å². The van der Waals surface area contributed by atoms with Crippen LogP contribution in [0.3, 0.4) is 0 Å². The van der Waals surface area contributed by atoms with E-state index in [0.29, 0.717) is 6.54 Å². The van der Waals surface area contributed by atoms with Crippen molar-refractivity contribution >= 4 is 16.6 Å². The Labute approximate surface area is 110 Å². The first-order valence-electron chi connectivity index (χ1n) is 6.15. The van der Waals surface area contributed by atoms with E-state index < -0.39 is 0 Å². The van der Waals surface area contributed by atoms with E-state index in [1.807, 2.05) is 25.1 Å². The van der Waals surface area contributed by atoms with Crippen molar-refractivity contribution < 1.29 is 4.39 Å². The fourth-order valence-corrected chi connectivity index (χ4v) is 2.14. The van der Waals surface area contributed by atoms with Crippen LogP contribution in [0.15, 0.2) is 42.6 Å². The molecule has 1 heterocycles. The molecule has 3 nitrogen and oxygen atoms in total. The molecular weight excluding hydrogens is 241 g/mol. The molecule has 0 bridgehead atoms. The summed E-state index contributed by atoms with van der Waals surface area (Å²) in [7, 11) is 0. The minimum absolute atomic E-state index is 0.206. The minimum atomic E-state index is -0.206. The second-order valence-corrected chi connectivity index (χ2v) is 4.56. The second-order valence-electron chi connectivity index (χ2n) is 4.56. The molecule has 0 saturated carbocycles. The average molecular weight is 255 g/mol. The number of para-hydroxylation sites is 1. The Balaban J connectivity index is 1.86. The maximum Gasteiger partial charge on any atom is 0.123 e. The minimum Gasteiger partial charge on any atom is -0.379 e. The van der Waals surface area contributed by atoms with Crippen LogP contribution in [-0.4, -0.2) is 10.2 Å². The van der Waals surface area contributed by atoms with Crippen LogP contribution in [-0.2, 0) is 6.54 Å².